The fourth-order valence-corrected chi connectivity index (χ4v) is 2.45. The fourth-order valence-electron chi connectivity index (χ4n) is 2.45. The van der Waals surface area contributed by atoms with Crippen LogP contribution in [0.4, 0.5) is 15.0 Å². The maximum atomic E-state index is 12.6. The minimum absolute atomic E-state index is 0.263. The van der Waals surface area contributed by atoms with Crippen LogP contribution in [-0.4, -0.2) is 17.6 Å². The Morgan fingerprint density at radius 2 is 2.22 bits per heavy atom. The highest BCUT2D eigenvalue weighted by molar-refractivity contribution is 5.88. The standard InChI is InChI=1S/C13H16FN3O/c14-10-3-4-11(15-7-10)17-12(18)16-8-13(5-6-13)9-1-2-9/h3-4,7,9H,1-2,5-6,8H2,(H2,15,16,17,18). The molecule has 0 unspecified atom stereocenters. The molecule has 0 atom stereocenters. The first kappa shape index (κ1) is 11.4. The lowest BCUT2D eigenvalue weighted by atomic mass is 10.0. The van der Waals surface area contributed by atoms with Gasteiger partial charge in [-0.25, -0.2) is 14.2 Å². The monoisotopic (exact) mass is 249 g/mol. The van der Waals surface area contributed by atoms with Crippen molar-refractivity contribution in [2.45, 2.75) is 25.7 Å². The molecule has 2 fully saturated rings. The fraction of sp³-hybridized carbons (Fsp3) is 0.538. The van der Waals surface area contributed by atoms with Crippen LogP contribution in [0.15, 0.2) is 18.3 Å². The third-order valence-corrected chi connectivity index (χ3v) is 3.91. The van der Waals surface area contributed by atoms with Crippen LogP contribution >= 0.6 is 0 Å². The lowest BCUT2D eigenvalue weighted by molar-refractivity contribution is 0.248. The molecule has 2 saturated carbocycles. The van der Waals surface area contributed by atoms with Gasteiger partial charge in [0.2, 0.25) is 0 Å². The Kier molecular flexibility index (Phi) is 2.69. The minimum atomic E-state index is -0.411. The molecule has 0 bridgehead atoms. The zero-order valence-corrected chi connectivity index (χ0v) is 10.1. The maximum Gasteiger partial charge on any atom is 0.320 e. The van der Waals surface area contributed by atoms with Gasteiger partial charge in [-0.05, 0) is 49.1 Å². The Labute approximate surface area is 105 Å². The second-order valence-electron chi connectivity index (χ2n) is 5.31. The van der Waals surface area contributed by atoms with Gasteiger partial charge in [-0.1, -0.05) is 0 Å². The van der Waals surface area contributed by atoms with Crippen molar-refractivity contribution in [1.82, 2.24) is 10.3 Å². The molecule has 5 heteroatoms. The summed E-state index contributed by atoms with van der Waals surface area (Å²) in [4.78, 5) is 15.4. The van der Waals surface area contributed by atoms with Gasteiger partial charge in [-0.15, -0.1) is 0 Å². The Morgan fingerprint density at radius 1 is 1.44 bits per heavy atom. The Morgan fingerprint density at radius 3 is 2.78 bits per heavy atom. The molecule has 0 aliphatic heterocycles. The largest absolute Gasteiger partial charge is 0.337 e. The highest BCUT2D eigenvalue weighted by atomic mass is 19.1. The minimum Gasteiger partial charge on any atom is -0.337 e. The Bertz CT molecular complexity index is 452. The van der Waals surface area contributed by atoms with E-state index in [0.29, 0.717) is 11.2 Å². The summed E-state index contributed by atoms with van der Waals surface area (Å²) in [6, 6.07) is 2.46. The van der Waals surface area contributed by atoms with Crippen molar-refractivity contribution in [3.63, 3.8) is 0 Å². The molecule has 4 nitrogen and oxygen atoms in total. The van der Waals surface area contributed by atoms with Crippen LogP contribution in [0, 0.1) is 17.2 Å². The number of amides is 2. The van der Waals surface area contributed by atoms with Gasteiger partial charge in [0.25, 0.3) is 0 Å². The van der Waals surface area contributed by atoms with E-state index in [0.717, 1.165) is 18.7 Å². The number of urea groups is 1. The first-order valence-corrected chi connectivity index (χ1v) is 6.34. The van der Waals surface area contributed by atoms with E-state index >= 15 is 0 Å². The first-order chi connectivity index (χ1) is 8.68. The number of pyridine rings is 1. The van der Waals surface area contributed by atoms with Gasteiger partial charge in [0.1, 0.15) is 11.6 Å². The van der Waals surface area contributed by atoms with Gasteiger partial charge in [0.15, 0.2) is 0 Å². The number of carbonyl (C=O) groups excluding carboxylic acids is 1. The van der Waals surface area contributed by atoms with Gasteiger partial charge in [0, 0.05) is 6.54 Å². The second kappa shape index (κ2) is 4.23. The van der Waals surface area contributed by atoms with Crippen molar-refractivity contribution in [3.05, 3.63) is 24.1 Å². The molecule has 18 heavy (non-hydrogen) atoms. The maximum absolute atomic E-state index is 12.6. The lowest BCUT2D eigenvalue weighted by Crippen LogP contribution is -2.34. The molecule has 2 amide bonds. The van der Waals surface area contributed by atoms with E-state index in [9.17, 15) is 9.18 Å². The molecule has 1 aromatic heterocycles. The summed E-state index contributed by atoms with van der Waals surface area (Å²) in [6.07, 6.45) is 6.16. The second-order valence-corrected chi connectivity index (χ2v) is 5.31. The van der Waals surface area contributed by atoms with Crippen LogP contribution in [0.5, 0.6) is 0 Å². The van der Waals surface area contributed by atoms with Gasteiger partial charge in [-0.2, -0.15) is 0 Å². The predicted octanol–water partition coefficient (Wildman–Crippen LogP) is 2.53. The smallest absolute Gasteiger partial charge is 0.320 e. The molecule has 3 rings (SSSR count). The lowest BCUT2D eigenvalue weighted by Gasteiger charge is -2.15. The molecule has 0 aromatic carbocycles. The number of nitrogens with zero attached hydrogens (tertiary/aromatic N) is 1. The zero-order chi connectivity index (χ0) is 12.6. The van der Waals surface area contributed by atoms with Crippen molar-refractivity contribution in [1.29, 1.82) is 0 Å². The van der Waals surface area contributed by atoms with Crippen LogP contribution in [0.2, 0.25) is 0 Å². The molecule has 2 N–H and O–H groups in total. The third kappa shape index (κ3) is 2.44. The zero-order valence-electron chi connectivity index (χ0n) is 10.1. The van der Waals surface area contributed by atoms with Crippen molar-refractivity contribution in [3.8, 4) is 0 Å². The Balaban J connectivity index is 1.48. The van der Waals surface area contributed by atoms with Gasteiger partial charge < -0.3 is 5.32 Å². The van der Waals surface area contributed by atoms with Crippen LogP contribution in [0.1, 0.15) is 25.7 Å². The summed E-state index contributed by atoms with van der Waals surface area (Å²) in [6.45, 7) is 0.741. The van der Waals surface area contributed by atoms with Crippen LogP contribution in [-0.2, 0) is 0 Å². The first-order valence-electron chi connectivity index (χ1n) is 6.34. The topological polar surface area (TPSA) is 54.0 Å². The number of hydrogen-bond donors (Lipinski definition) is 2. The molecule has 0 radical (unpaired) electrons. The number of rotatable bonds is 4. The van der Waals surface area contributed by atoms with E-state index in [1.807, 2.05) is 0 Å². The number of halogens is 1. The highest BCUT2D eigenvalue weighted by Gasteiger charge is 2.53. The summed E-state index contributed by atoms with van der Waals surface area (Å²) in [5.41, 5.74) is 0.383. The summed E-state index contributed by atoms with van der Waals surface area (Å²) in [5.74, 6) is 0.776. The molecule has 0 spiro atoms. The predicted molar refractivity (Wildman–Crippen MR) is 65.6 cm³/mol. The number of aromatic nitrogens is 1. The number of hydrogen-bond acceptors (Lipinski definition) is 2. The number of carbonyl (C=O) groups is 1. The average Bonchev–Trinajstić information content (AvgIpc) is 3.22. The van der Waals surface area contributed by atoms with Gasteiger partial charge in [0.05, 0.1) is 6.20 Å². The number of nitrogens with one attached hydrogen (secondary N) is 2. The summed E-state index contributed by atoms with van der Waals surface area (Å²) >= 11 is 0. The van der Waals surface area contributed by atoms with Crippen molar-refractivity contribution in [2.24, 2.45) is 11.3 Å². The van der Waals surface area contributed by atoms with Gasteiger partial charge >= 0.3 is 6.03 Å². The van der Waals surface area contributed by atoms with Crippen LogP contribution < -0.4 is 10.6 Å². The number of anilines is 1. The van der Waals surface area contributed by atoms with E-state index in [4.69, 9.17) is 0 Å². The normalized spacial score (nSPS) is 20.3. The SMILES string of the molecule is O=C(NCC1(C2CC2)CC1)Nc1ccc(F)cn1. The van der Waals surface area contributed by atoms with E-state index in [2.05, 4.69) is 15.6 Å². The molecular formula is C13H16FN3O. The third-order valence-electron chi connectivity index (χ3n) is 3.91. The van der Waals surface area contributed by atoms with Crippen LogP contribution in [0.25, 0.3) is 0 Å². The average molecular weight is 249 g/mol. The van der Waals surface area contributed by atoms with E-state index in [-0.39, 0.29) is 6.03 Å². The van der Waals surface area contributed by atoms with Crippen LogP contribution in [0.3, 0.4) is 0 Å². The van der Waals surface area contributed by atoms with Crippen molar-refractivity contribution in [2.75, 3.05) is 11.9 Å². The molecule has 2 aliphatic carbocycles. The van der Waals surface area contributed by atoms with E-state index in [1.54, 1.807) is 0 Å². The summed E-state index contributed by atoms with van der Waals surface area (Å²) in [7, 11) is 0. The molecule has 1 heterocycles. The highest BCUT2D eigenvalue weighted by Crippen LogP contribution is 2.60. The van der Waals surface area contributed by atoms with Crippen molar-refractivity contribution >= 4 is 11.8 Å². The molecule has 2 aliphatic rings. The quantitative estimate of drug-likeness (QED) is 0.861. The summed E-state index contributed by atoms with van der Waals surface area (Å²) in [5, 5.41) is 5.49. The molecular weight excluding hydrogens is 233 g/mol. The van der Waals surface area contributed by atoms with Crippen molar-refractivity contribution < 1.29 is 9.18 Å². The van der Waals surface area contributed by atoms with E-state index < -0.39 is 5.82 Å². The molecule has 0 saturated heterocycles. The molecule has 96 valence electrons. The molecule has 1 aromatic rings. The Hall–Kier alpha value is -1.65. The van der Waals surface area contributed by atoms with E-state index in [1.165, 1.54) is 37.8 Å². The summed E-state index contributed by atoms with van der Waals surface area (Å²) < 4.78 is 12.6. The van der Waals surface area contributed by atoms with Gasteiger partial charge in [-0.3, -0.25) is 5.32 Å².